The molecule has 0 aromatic carbocycles. The summed E-state index contributed by atoms with van der Waals surface area (Å²) in [4.78, 5) is 10.8. The fourth-order valence-corrected chi connectivity index (χ4v) is 6.47. The predicted molar refractivity (Wildman–Crippen MR) is 130 cm³/mol. The summed E-state index contributed by atoms with van der Waals surface area (Å²) in [6.45, 7) is 8.02. The maximum Gasteiger partial charge on any atom is 0.390 e. The van der Waals surface area contributed by atoms with E-state index in [1.807, 2.05) is 0 Å². The van der Waals surface area contributed by atoms with Crippen molar-refractivity contribution in [2.24, 2.45) is 23.7 Å². The Balaban J connectivity index is 1.33. The van der Waals surface area contributed by atoms with Gasteiger partial charge in [-0.1, -0.05) is 25.4 Å². The van der Waals surface area contributed by atoms with Crippen molar-refractivity contribution in [3.8, 4) is 0 Å². The second-order valence-electron chi connectivity index (χ2n) is 9.92. The first-order chi connectivity index (χ1) is 16.4. The minimum absolute atomic E-state index is 0.231. The molecule has 0 unspecified atom stereocenters. The zero-order valence-corrected chi connectivity index (χ0v) is 22.0. The summed E-state index contributed by atoms with van der Waals surface area (Å²) in [5, 5.41) is 0.530. The largest absolute Gasteiger partial charge is 0.390 e. The summed E-state index contributed by atoms with van der Waals surface area (Å²) >= 11 is 5.88. The average Bonchev–Trinajstić information content (AvgIpc) is 2.83. The normalized spacial score (nSPS) is 21.3. The molecule has 0 saturated carbocycles. The van der Waals surface area contributed by atoms with E-state index in [2.05, 4.69) is 28.7 Å². The van der Waals surface area contributed by atoms with Crippen molar-refractivity contribution in [2.45, 2.75) is 52.1 Å². The van der Waals surface area contributed by atoms with Crippen LogP contribution in [0.5, 0.6) is 0 Å². The summed E-state index contributed by atoms with van der Waals surface area (Å²) in [7, 11) is -3.87. The molecule has 0 bridgehead atoms. The molecule has 0 radical (unpaired) electrons. The highest BCUT2D eigenvalue weighted by Gasteiger charge is 2.34. The first-order valence-corrected chi connectivity index (χ1v) is 14.3. The topological polar surface area (TPSA) is 75.6 Å². The zero-order valence-electron chi connectivity index (χ0n) is 20.4. The molecule has 2 aliphatic heterocycles. The highest BCUT2D eigenvalue weighted by Crippen LogP contribution is 2.32. The van der Waals surface area contributed by atoms with Crippen LogP contribution in [0.15, 0.2) is 12.4 Å². The Kier molecular flexibility index (Phi) is 10.0. The minimum atomic E-state index is -4.46. The number of rotatable bonds is 10. The van der Waals surface area contributed by atoms with Gasteiger partial charge in [0, 0.05) is 39.4 Å². The summed E-state index contributed by atoms with van der Waals surface area (Å²) < 4.78 is 68.7. The molecule has 0 spiro atoms. The Morgan fingerprint density at radius 3 is 2.26 bits per heavy atom. The highest BCUT2D eigenvalue weighted by molar-refractivity contribution is 7.89. The van der Waals surface area contributed by atoms with Gasteiger partial charge in [0.25, 0.3) is 0 Å². The lowest BCUT2D eigenvalue weighted by Gasteiger charge is -2.37. The Morgan fingerprint density at radius 1 is 1.09 bits per heavy atom. The van der Waals surface area contributed by atoms with Crippen LogP contribution in [0.4, 0.5) is 19.1 Å². The summed E-state index contributed by atoms with van der Waals surface area (Å²) in [6, 6.07) is 0. The van der Waals surface area contributed by atoms with E-state index in [9.17, 15) is 21.6 Å². The van der Waals surface area contributed by atoms with Crippen LogP contribution < -0.4 is 4.90 Å². The van der Waals surface area contributed by atoms with Gasteiger partial charge in [-0.3, -0.25) is 0 Å². The van der Waals surface area contributed by atoms with Crippen molar-refractivity contribution in [3.63, 3.8) is 0 Å². The molecule has 0 aliphatic carbocycles. The number of alkyl halides is 3. The lowest BCUT2D eigenvalue weighted by molar-refractivity contribution is -0.130. The van der Waals surface area contributed by atoms with Gasteiger partial charge >= 0.3 is 6.18 Å². The maximum atomic E-state index is 12.4. The van der Waals surface area contributed by atoms with E-state index in [0.717, 1.165) is 31.9 Å². The second kappa shape index (κ2) is 12.4. The lowest BCUT2D eigenvalue weighted by Crippen LogP contribution is -2.41. The third-order valence-electron chi connectivity index (χ3n) is 7.41. The molecule has 7 nitrogen and oxygen atoms in total. The zero-order chi connectivity index (χ0) is 25.6. The van der Waals surface area contributed by atoms with Crippen LogP contribution >= 0.6 is 11.6 Å². The molecule has 2 atom stereocenters. The molecule has 2 saturated heterocycles. The molecule has 3 heterocycles. The number of hydrogen-bond acceptors (Lipinski definition) is 6. The van der Waals surface area contributed by atoms with Gasteiger partial charge in [0.05, 0.1) is 29.6 Å². The van der Waals surface area contributed by atoms with E-state index in [1.54, 1.807) is 12.4 Å². The number of aromatic nitrogens is 2. The standard InChI is InChI=1S/C23H36ClF3N4O3S/c1-17(18(2)20-5-8-30(9-6-20)22-28-13-21(24)14-29-22)15-34-16-19-3-10-31(11-4-19)35(32,33)12-7-23(25,26)27/h13-14,17-20H,3-12,15-16H2,1-2H3/t17-,18-/m0/s1. The van der Waals surface area contributed by atoms with Crippen LogP contribution in [-0.2, 0) is 14.8 Å². The quantitative estimate of drug-likeness (QED) is 0.431. The van der Waals surface area contributed by atoms with Gasteiger partial charge in [-0.15, -0.1) is 0 Å². The number of sulfonamides is 1. The smallest absolute Gasteiger partial charge is 0.381 e. The number of anilines is 1. The van der Waals surface area contributed by atoms with E-state index in [0.29, 0.717) is 48.8 Å². The first-order valence-electron chi connectivity index (χ1n) is 12.3. The lowest BCUT2D eigenvalue weighted by atomic mass is 9.79. The van der Waals surface area contributed by atoms with E-state index in [1.165, 1.54) is 4.31 Å². The van der Waals surface area contributed by atoms with Crippen molar-refractivity contribution < 1.29 is 26.3 Å². The van der Waals surface area contributed by atoms with E-state index in [4.69, 9.17) is 16.3 Å². The van der Waals surface area contributed by atoms with Gasteiger partial charge in [-0.05, 0) is 49.4 Å². The molecule has 2 fully saturated rings. The number of ether oxygens (including phenoxy) is 1. The fourth-order valence-electron chi connectivity index (χ4n) is 4.86. The molecular formula is C23H36ClF3N4O3S. The number of halogens is 4. The van der Waals surface area contributed by atoms with Gasteiger partial charge in [-0.2, -0.15) is 13.2 Å². The summed E-state index contributed by atoms with van der Waals surface area (Å²) in [6.07, 6.45) is 0.833. The van der Waals surface area contributed by atoms with Crippen LogP contribution in [-0.4, -0.2) is 74.0 Å². The molecule has 2 aliphatic rings. The number of piperidine rings is 2. The van der Waals surface area contributed by atoms with Crippen molar-refractivity contribution in [1.82, 2.24) is 14.3 Å². The fraction of sp³-hybridized carbons (Fsp3) is 0.826. The van der Waals surface area contributed by atoms with Crippen LogP contribution in [0.2, 0.25) is 5.02 Å². The van der Waals surface area contributed by atoms with Gasteiger partial charge in [-0.25, -0.2) is 22.7 Å². The third kappa shape index (κ3) is 8.72. The van der Waals surface area contributed by atoms with Gasteiger partial charge < -0.3 is 9.64 Å². The number of nitrogens with zero attached hydrogens (tertiary/aromatic N) is 4. The van der Waals surface area contributed by atoms with Gasteiger partial charge in [0.15, 0.2) is 0 Å². The molecule has 0 amide bonds. The SMILES string of the molecule is C[C@H](C1CCN(c2ncc(Cl)cn2)CC1)[C@@H](C)COCC1CCN(S(=O)(=O)CCC(F)(F)F)CC1. The first kappa shape index (κ1) is 28.4. The Morgan fingerprint density at radius 2 is 1.69 bits per heavy atom. The van der Waals surface area contributed by atoms with Crippen molar-refractivity contribution in [2.75, 3.05) is 50.0 Å². The third-order valence-corrected chi connectivity index (χ3v) is 9.48. The maximum absolute atomic E-state index is 12.4. The Labute approximate surface area is 211 Å². The van der Waals surface area contributed by atoms with Crippen LogP contribution in [0.25, 0.3) is 0 Å². The summed E-state index contributed by atoms with van der Waals surface area (Å²) in [5.41, 5.74) is 0. The molecular weight excluding hydrogens is 505 g/mol. The predicted octanol–water partition coefficient (Wildman–Crippen LogP) is 4.63. The molecule has 0 N–H and O–H groups in total. The van der Waals surface area contributed by atoms with E-state index < -0.39 is 28.4 Å². The van der Waals surface area contributed by atoms with Gasteiger partial charge in [0.1, 0.15) is 0 Å². The van der Waals surface area contributed by atoms with Crippen LogP contribution in [0, 0.1) is 23.7 Å². The average molecular weight is 541 g/mol. The molecule has 1 aromatic rings. The second-order valence-corrected chi connectivity index (χ2v) is 12.4. The van der Waals surface area contributed by atoms with Crippen molar-refractivity contribution in [3.05, 3.63) is 17.4 Å². The monoisotopic (exact) mass is 540 g/mol. The van der Waals surface area contributed by atoms with E-state index >= 15 is 0 Å². The van der Waals surface area contributed by atoms with Gasteiger partial charge in [0.2, 0.25) is 16.0 Å². The Hall–Kier alpha value is -1.17. The van der Waals surface area contributed by atoms with E-state index in [-0.39, 0.29) is 19.0 Å². The Bertz CT molecular complexity index is 888. The molecule has 35 heavy (non-hydrogen) atoms. The molecule has 200 valence electrons. The minimum Gasteiger partial charge on any atom is -0.381 e. The van der Waals surface area contributed by atoms with Crippen LogP contribution in [0.3, 0.4) is 0 Å². The highest BCUT2D eigenvalue weighted by atomic mass is 35.5. The van der Waals surface area contributed by atoms with Crippen molar-refractivity contribution >= 4 is 27.6 Å². The molecule has 12 heteroatoms. The van der Waals surface area contributed by atoms with Crippen molar-refractivity contribution in [1.29, 1.82) is 0 Å². The number of hydrogen-bond donors (Lipinski definition) is 0. The molecule has 3 rings (SSSR count). The van der Waals surface area contributed by atoms with Crippen LogP contribution in [0.1, 0.15) is 46.0 Å². The summed E-state index contributed by atoms with van der Waals surface area (Å²) in [5.74, 6) is 1.57. The molecule has 1 aromatic heterocycles.